The summed E-state index contributed by atoms with van der Waals surface area (Å²) in [6.07, 6.45) is 1.70. The molecule has 0 bridgehead atoms. The molecule has 0 saturated carbocycles. The average molecular weight is 276 g/mol. The van der Waals surface area contributed by atoms with Gasteiger partial charge in [-0.05, 0) is 18.6 Å². The van der Waals surface area contributed by atoms with Gasteiger partial charge in [-0.15, -0.1) is 0 Å². The van der Waals surface area contributed by atoms with E-state index in [4.69, 9.17) is 10.2 Å². The van der Waals surface area contributed by atoms with E-state index >= 15 is 0 Å². The summed E-state index contributed by atoms with van der Waals surface area (Å²) in [7, 11) is 0. The first-order chi connectivity index (χ1) is 9.74. The van der Waals surface area contributed by atoms with Crippen LogP contribution in [0.3, 0.4) is 0 Å². The number of hydrogen-bond acceptors (Lipinski definition) is 5. The Hall–Kier alpha value is -1.76. The topological polar surface area (TPSA) is 85.3 Å². The van der Waals surface area contributed by atoms with Crippen LogP contribution in [0.5, 0.6) is 0 Å². The summed E-state index contributed by atoms with van der Waals surface area (Å²) in [4.78, 5) is 2.01. The van der Waals surface area contributed by atoms with Gasteiger partial charge in [0.2, 0.25) is 0 Å². The molecule has 0 spiro atoms. The van der Waals surface area contributed by atoms with Crippen molar-refractivity contribution in [2.75, 3.05) is 26.3 Å². The molecule has 1 heterocycles. The standard InChI is InChI=1S/C14H20N4O2/c1-11-2-3-12(10-18(4-6-19)5-7-20)13(8-11)14-9-15-17-16-14/h2-3,8-9,19-20H,4-7,10H2,1H3,(H,15,16,17). The number of aliphatic hydroxyl groups excluding tert-OH is 2. The van der Waals surface area contributed by atoms with E-state index in [1.54, 1.807) is 6.20 Å². The minimum absolute atomic E-state index is 0.0746. The van der Waals surface area contributed by atoms with Crippen LogP contribution in [0.25, 0.3) is 11.3 Å². The number of aliphatic hydroxyl groups is 2. The lowest BCUT2D eigenvalue weighted by Crippen LogP contribution is -2.29. The second-order valence-electron chi connectivity index (χ2n) is 4.74. The summed E-state index contributed by atoms with van der Waals surface area (Å²) in [6, 6.07) is 6.18. The van der Waals surface area contributed by atoms with Crippen molar-refractivity contribution < 1.29 is 10.2 Å². The molecule has 6 nitrogen and oxygen atoms in total. The molecule has 0 aliphatic heterocycles. The van der Waals surface area contributed by atoms with Gasteiger partial charge in [-0.25, -0.2) is 0 Å². The zero-order valence-corrected chi connectivity index (χ0v) is 11.6. The minimum Gasteiger partial charge on any atom is -0.395 e. The van der Waals surface area contributed by atoms with Crippen LogP contribution >= 0.6 is 0 Å². The lowest BCUT2D eigenvalue weighted by Gasteiger charge is -2.21. The molecule has 2 aromatic rings. The summed E-state index contributed by atoms with van der Waals surface area (Å²) >= 11 is 0. The highest BCUT2D eigenvalue weighted by Crippen LogP contribution is 2.23. The molecule has 108 valence electrons. The van der Waals surface area contributed by atoms with Gasteiger partial charge in [0.1, 0.15) is 5.69 Å². The third-order valence-electron chi connectivity index (χ3n) is 3.18. The van der Waals surface area contributed by atoms with Crippen molar-refractivity contribution in [2.24, 2.45) is 0 Å². The van der Waals surface area contributed by atoms with Gasteiger partial charge in [-0.3, -0.25) is 4.90 Å². The van der Waals surface area contributed by atoms with Crippen LogP contribution in [0, 0.1) is 6.92 Å². The molecule has 0 saturated heterocycles. The number of nitrogens with one attached hydrogen (secondary N) is 1. The lowest BCUT2D eigenvalue weighted by molar-refractivity contribution is 0.156. The zero-order valence-electron chi connectivity index (χ0n) is 11.6. The quantitative estimate of drug-likeness (QED) is 0.688. The molecule has 6 heteroatoms. The zero-order chi connectivity index (χ0) is 14.4. The van der Waals surface area contributed by atoms with Gasteiger partial charge >= 0.3 is 0 Å². The maximum atomic E-state index is 9.09. The van der Waals surface area contributed by atoms with Crippen molar-refractivity contribution in [3.63, 3.8) is 0 Å². The number of aromatic nitrogens is 3. The number of hydrogen-bond donors (Lipinski definition) is 3. The third-order valence-corrected chi connectivity index (χ3v) is 3.18. The minimum atomic E-state index is 0.0746. The summed E-state index contributed by atoms with van der Waals surface area (Å²) < 4.78 is 0. The van der Waals surface area contributed by atoms with E-state index in [1.165, 1.54) is 0 Å². The summed E-state index contributed by atoms with van der Waals surface area (Å²) in [5, 5.41) is 28.8. The second-order valence-corrected chi connectivity index (χ2v) is 4.74. The Morgan fingerprint density at radius 1 is 1.20 bits per heavy atom. The van der Waals surface area contributed by atoms with E-state index < -0.39 is 0 Å². The van der Waals surface area contributed by atoms with Crippen LogP contribution in [-0.2, 0) is 6.54 Å². The van der Waals surface area contributed by atoms with Gasteiger partial charge in [-0.2, -0.15) is 15.4 Å². The van der Waals surface area contributed by atoms with E-state index in [1.807, 2.05) is 11.8 Å². The van der Waals surface area contributed by atoms with Gasteiger partial charge in [0, 0.05) is 25.2 Å². The van der Waals surface area contributed by atoms with Crippen LogP contribution in [-0.4, -0.2) is 56.8 Å². The molecule has 0 amide bonds. The van der Waals surface area contributed by atoms with E-state index in [0.29, 0.717) is 19.6 Å². The van der Waals surface area contributed by atoms with Crippen molar-refractivity contribution in [1.82, 2.24) is 20.3 Å². The highest BCUT2D eigenvalue weighted by atomic mass is 16.3. The smallest absolute Gasteiger partial charge is 0.113 e. The predicted molar refractivity (Wildman–Crippen MR) is 76.0 cm³/mol. The molecule has 0 aliphatic rings. The van der Waals surface area contributed by atoms with Crippen molar-refractivity contribution in [3.8, 4) is 11.3 Å². The van der Waals surface area contributed by atoms with E-state index in [0.717, 1.165) is 22.4 Å². The highest BCUT2D eigenvalue weighted by Gasteiger charge is 2.12. The maximum absolute atomic E-state index is 9.09. The number of benzene rings is 1. The number of H-pyrrole nitrogens is 1. The van der Waals surface area contributed by atoms with Gasteiger partial charge in [-0.1, -0.05) is 17.7 Å². The Morgan fingerprint density at radius 3 is 2.55 bits per heavy atom. The monoisotopic (exact) mass is 276 g/mol. The van der Waals surface area contributed by atoms with E-state index in [2.05, 4.69) is 33.6 Å². The number of aromatic amines is 1. The number of rotatable bonds is 7. The molecule has 0 aliphatic carbocycles. The predicted octanol–water partition coefficient (Wildman–Crippen LogP) is 0.567. The van der Waals surface area contributed by atoms with Crippen molar-refractivity contribution >= 4 is 0 Å². The Morgan fingerprint density at radius 2 is 1.95 bits per heavy atom. The van der Waals surface area contributed by atoms with Crippen molar-refractivity contribution in [1.29, 1.82) is 0 Å². The normalized spacial score (nSPS) is 11.2. The Labute approximate surface area is 118 Å². The maximum Gasteiger partial charge on any atom is 0.113 e. The van der Waals surface area contributed by atoms with Crippen LogP contribution in [0.2, 0.25) is 0 Å². The first kappa shape index (κ1) is 14.6. The molecule has 1 aromatic carbocycles. The largest absolute Gasteiger partial charge is 0.395 e. The molecule has 2 rings (SSSR count). The first-order valence-corrected chi connectivity index (χ1v) is 6.64. The summed E-state index contributed by atoms with van der Waals surface area (Å²) in [6.45, 7) is 3.91. The fourth-order valence-electron chi connectivity index (χ4n) is 2.19. The summed E-state index contributed by atoms with van der Waals surface area (Å²) in [5.41, 5.74) is 4.09. The highest BCUT2D eigenvalue weighted by molar-refractivity contribution is 5.63. The molecule has 0 atom stereocenters. The van der Waals surface area contributed by atoms with Gasteiger partial charge < -0.3 is 10.2 Å². The Kier molecular flexibility index (Phi) is 5.23. The molecular weight excluding hydrogens is 256 g/mol. The fourth-order valence-corrected chi connectivity index (χ4v) is 2.19. The fraction of sp³-hybridized carbons (Fsp3) is 0.429. The molecule has 3 N–H and O–H groups in total. The second kappa shape index (κ2) is 7.14. The SMILES string of the molecule is Cc1ccc(CN(CCO)CCO)c(-c2cn[nH]n2)c1. The first-order valence-electron chi connectivity index (χ1n) is 6.64. The van der Waals surface area contributed by atoms with Crippen molar-refractivity contribution in [3.05, 3.63) is 35.5 Å². The molecule has 20 heavy (non-hydrogen) atoms. The third kappa shape index (κ3) is 3.63. The molecule has 0 radical (unpaired) electrons. The van der Waals surface area contributed by atoms with Gasteiger partial charge in [0.05, 0.1) is 19.4 Å². The van der Waals surface area contributed by atoms with Crippen LogP contribution in [0.4, 0.5) is 0 Å². The Balaban J connectivity index is 2.26. The molecule has 0 unspecified atom stereocenters. The summed E-state index contributed by atoms with van der Waals surface area (Å²) in [5.74, 6) is 0. The van der Waals surface area contributed by atoms with Crippen LogP contribution < -0.4 is 0 Å². The van der Waals surface area contributed by atoms with Crippen LogP contribution in [0.1, 0.15) is 11.1 Å². The van der Waals surface area contributed by atoms with Gasteiger partial charge in [0.25, 0.3) is 0 Å². The Bertz CT molecular complexity index is 522. The van der Waals surface area contributed by atoms with Crippen LogP contribution in [0.15, 0.2) is 24.4 Å². The van der Waals surface area contributed by atoms with Crippen molar-refractivity contribution in [2.45, 2.75) is 13.5 Å². The molecular formula is C14H20N4O2. The number of nitrogens with zero attached hydrogens (tertiary/aromatic N) is 3. The molecule has 0 fully saturated rings. The van der Waals surface area contributed by atoms with E-state index in [-0.39, 0.29) is 13.2 Å². The number of aryl methyl sites for hydroxylation is 1. The van der Waals surface area contributed by atoms with E-state index in [9.17, 15) is 0 Å². The van der Waals surface area contributed by atoms with Gasteiger partial charge in [0.15, 0.2) is 0 Å². The molecule has 1 aromatic heterocycles. The average Bonchev–Trinajstić information content (AvgIpc) is 2.95. The lowest BCUT2D eigenvalue weighted by atomic mass is 10.0.